The zero-order valence-electron chi connectivity index (χ0n) is 13.7. The van der Waals surface area contributed by atoms with Crippen LogP contribution < -0.4 is 15.4 Å². The third-order valence-corrected chi connectivity index (χ3v) is 4.10. The Labute approximate surface area is 142 Å². The molecular formula is C17H25ClN2O3. The van der Waals surface area contributed by atoms with Gasteiger partial charge in [-0.15, -0.1) is 0 Å². The smallest absolute Gasteiger partial charge is 0.239 e. The Morgan fingerprint density at radius 3 is 2.87 bits per heavy atom. The molecule has 0 bridgehead atoms. The number of ether oxygens (including phenoxy) is 2. The Balaban J connectivity index is 1.85. The van der Waals surface area contributed by atoms with Gasteiger partial charge in [-0.1, -0.05) is 17.7 Å². The van der Waals surface area contributed by atoms with Gasteiger partial charge in [0.1, 0.15) is 6.61 Å². The number of nitrogens with one attached hydrogen (secondary N) is 2. The summed E-state index contributed by atoms with van der Waals surface area (Å²) in [6.45, 7) is 5.74. The minimum Gasteiger partial charge on any atom is -0.487 e. The van der Waals surface area contributed by atoms with Crippen molar-refractivity contribution >= 4 is 23.2 Å². The van der Waals surface area contributed by atoms with Crippen molar-refractivity contribution in [3.8, 4) is 5.75 Å². The largest absolute Gasteiger partial charge is 0.487 e. The van der Waals surface area contributed by atoms with E-state index in [0.717, 1.165) is 0 Å². The fourth-order valence-corrected chi connectivity index (χ4v) is 2.57. The van der Waals surface area contributed by atoms with Crippen molar-refractivity contribution in [3.05, 3.63) is 23.2 Å². The Morgan fingerprint density at radius 1 is 1.39 bits per heavy atom. The molecular weight excluding hydrogens is 316 g/mol. The van der Waals surface area contributed by atoms with Crippen molar-refractivity contribution in [2.24, 2.45) is 5.92 Å². The molecule has 0 aliphatic heterocycles. The predicted octanol–water partition coefficient (Wildman–Crippen LogP) is 3.08. The summed E-state index contributed by atoms with van der Waals surface area (Å²) in [6.07, 6.45) is 2.42. The van der Waals surface area contributed by atoms with E-state index in [4.69, 9.17) is 21.1 Å². The standard InChI is InChI=1S/C17H25ClN2O3/c1-3-22-9-10-23-17-14(18)5-4-6-15(17)19-11-16(21)20-12(2)13-7-8-13/h4-6,12-13,19H,3,7-11H2,1-2H3,(H,20,21)/t12-/m1/s1. The number of anilines is 1. The number of carbonyl (C=O) groups is 1. The third kappa shape index (κ3) is 5.92. The van der Waals surface area contributed by atoms with Crippen LogP contribution in [0.5, 0.6) is 5.75 Å². The average molecular weight is 341 g/mol. The highest BCUT2D eigenvalue weighted by Crippen LogP contribution is 2.33. The van der Waals surface area contributed by atoms with Crippen molar-refractivity contribution < 1.29 is 14.3 Å². The second kappa shape index (κ2) is 8.99. The van der Waals surface area contributed by atoms with Crippen molar-refractivity contribution in [2.75, 3.05) is 31.7 Å². The van der Waals surface area contributed by atoms with Crippen molar-refractivity contribution in [1.29, 1.82) is 0 Å². The first-order chi connectivity index (χ1) is 11.1. The van der Waals surface area contributed by atoms with Crippen LogP contribution in [0.3, 0.4) is 0 Å². The highest BCUT2D eigenvalue weighted by molar-refractivity contribution is 6.32. The highest BCUT2D eigenvalue weighted by atomic mass is 35.5. The van der Waals surface area contributed by atoms with E-state index < -0.39 is 0 Å². The van der Waals surface area contributed by atoms with E-state index in [9.17, 15) is 4.79 Å². The molecule has 0 radical (unpaired) electrons. The fraction of sp³-hybridized carbons (Fsp3) is 0.588. The summed E-state index contributed by atoms with van der Waals surface area (Å²) < 4.78 is 10.9. The lowest BCUT2D eigenvalue weighted by Crippen LogP contribution is -2.37. The van der Waals surface area contributed by atoms with Crippen LogP contribution in [0, 0.1) is 5.92 Å². The van der Waals surface area contributed by atoms with Crippen LogP contribution in [0.25, 0.3) is 0 Å². The molecule has 0 unspecified atom stereocenters. The van der Waals surface area contributed by atoms with Gasteiger partial charge in [0.2, 0.25) is 5.91 Å². The maximum atomic E-state index is 12.0. The van der Waals surface area contributed by atoms with Gasteiger partial charge in [0.25, 0.3) is 0 Å². The third-order valence-electron chi connectivity index (χ3n) is 3.80. The number of benzene rings is 1. The van der Waals surface area contributed by atoms with Crippen LogP contribution in [-0.2, 0) is 9.53 Å². The summed E-state index contributed by atoms with van der Waals surface area (Å²) in [5.41, 5.74) is 0.711. The minimum absolute atomic E-state index is 0.0235. The second-order valence-electron chi connectivity index (χ2n) is 5.71. The quantitative estimate of drug-likeness (QED) is 0.643. The molecule has 0 spiro atoms. The van der Waals surface area contributed by atoms with Crippen molar-refractivity contribution in [2.45, 2.75) is 32.7 Å². The monoisotopic (exact) mass is 340 g/mol. The van der Waals surface area contributed by atoms with E-state index >= 15 is 0 Å². The van der Waals surface area contributed by atoms with Crippen LogP contribution in [-0.4, -0.2) is 38.3 Å². The molecule has 2 rings (SSSR count). The molecule has 2 N–H and O–H groups in total. The highest BCUT2D eigenvalue weighted by Gasteiger charge is 2.28. The number of rotatable bonds is 10. The Kier molecular flexibility index (Phi) is 6.99. The van der Waals surface area contributed by atoms with Crippen LogP contribution in [0.1, 0.15) is 26.7 Å². The molecule has 128 valence electrons. The van der Waals surface area contributed by atoms with Gasteiger partial charge in [-0.3, -0.25) is 4.79 Å². The second-order valence-corrected chi connectivity index (χ2v) is 6.12. The summed E-state index contributed by atoms with van der Waals surface area (Å²) in [6, 6.07) is 5.67. The number of amides is 1. The fourth-order valence-electron chi connectivity index (χ4n) is 2.34. The van der Waals surface area contributed by atoms with Gasteiger partial charge in [0.05, 0.1) is 23.9 Å². The van der Waals surface area contributed by atoms with Crippen molar-refractivity contribution in [3.63, 3.8) is 0 Å². The van der Waals surface area contributed by atoms with Gasteiger partial charge in [-0.05, 0) is 44.7 Å². The van der Waals surface area contributed by atoms with Crippen LogP contribution in [0.2, 0.25) is 5.02 Å². The maximum absolute atomic E-state index is 12.0. The first-order valence-electron chi connectivity index (χ1n) is 8.14. The summed E-state index contributed by atoms with van der Waals surface area (Å²) in [5.74, 6) is 1.17. The van der Waals surface area contributed by atoms with Gasteiger partial charge in [0, 0.05) is 12.6 Å². The molecule has 6 heteroatoms. The van der Waals surface area contributed by atoms with Gasteiger partial charge < -0.3 is 20.1 Å². The lowest BCUT2D eigenvalue weighted by Gasteiger charge is -2.16. The summed E-state index contributed by atoms with van der Waals surface area (Å²) in [7, 11) is 0. The molecule has 1 aliphatic carbocycles. The minimum atomic E-state index is -0.0235. The van der Waals surface area contributed by atoms with Gasteiger partial charge in [0.15, 0.2) is 5.75 Å². The van der Waals surface area contributed by atoms with Crippen LogP contribution in [0.4, 0.5) is 5.69 Å². The number of hydrogen-bond donors (Lipinski definition) is 2. The van der Waals surface area contributed by atoms with Gasteiger partial charge in [-0.2, -0.15) is 0 Å². The summed E-state index contributed by atoms with van der Waals surface area (Å²) in [5, 5.41) is 6.62. The Bertz CT molecular complexity index is 521. The molecule has 1 amide bonds. The molecule has 1 aromatic carbocycles. The maximum Gasteiger partial charge on any atom is 0.239 e. The van der Waals surface area contributed by atoms with Crippen LogP contribution >= 0.6 is 11.6 Å². The average Bonchev–Trinajstić information content (AvgIpc) is 3.36. The first kappa shape index (κ1) is 17.9. The van der Waals surface area contributed by atoms with Crippen molar-refractivity contribution in [1.82, 2.24) is 5.32 Å². The number of carbonyl (C=O) groups excluding carboxylic acids is 1. The van der Waals surface area contributed by atoms with Crippen LogP contribution in [0.15, 0.2) is 18.2 Å². The van der Waals surface area contributed by atoms with E-state index in [2.05, 4.69) is 17.6 Å². The predicted molar refractivity (Wildman–Crippen MR) is 92.3 cm³/mol. The van der Waals surface area contributed by atoms with E-state index in [1.54, 1.807) is 6.07 Å². The normalized spacial score (nSPS) is 15.1. The molecule has 0 heterocycles. The first-order valence-corrected chi connectivity index (χ1v) is 8.52. The lowest BCUT2D eigenvalue weighted by molar-refractivity contribution is -0.120. The van der Waals surface area contributed by atoms with E-state index in [1.165, 1.54) is 12.8 Å². The molecule has 1 aromatic rings. The molecule has 23 heavy (non-hydrogen) atoms. The van der Waals surface area contributed by atoms with E-state index in [1.807, 2.05) is 19.1 Å². The number of halogens is 1. The van der Waals surface area contributed by atoms with E-state index in [0.29, 0.717) is 42.2 Å². The molecule has 1 fully saturated rings. The molecule has 0 saturated heterocycles. The van der Waals surface area contributed by atoms with E-state index in [-0.39, 0.29) is 18.5 Å². The Morgan fingerprint density at radius 2 is 2.17 bits per heavy atom. The molecule has 1 aliphatic rings. The summed E-state index contributed by atoms with van der Waals surface area (Å²) in [4.78, 5) is 12.0. The SMILES string of the molecule is CCOCCOc1c(Cl)cccc1NCC(=O)N[C@H](C)C1CC1. The van der Waals surface area contributed by atoms with Gasteiger partial charge >= 0.3 is 0 Å². The molecule has 5 nitrogen and oxygen atoms in total. The molecule has 0 aromatic heterocycles. The topological polar surface area (TPSA) is 59.6 Å². The zero-order valence-corrected chi connectivity index (χ0v) is 14.5. The molecule has 1 atom stereocenters. The Hall–Kier alpha value is -1.46. The summed E-state index contributed by atoms with van der Waals surface area (Å²) >= 11 is 6.19. The number of hydrogen-bond acceptors (Lipinski definition) is 4. The molecule has 1 saturated carbocycles. The lowest BCUT2D eigenvalue weighted by atomic mass is 10.2. The van der Waals surface area contributed by atoms with Gasteiger partial charge in [-0.25, -0.2) is 0 Å². The number of para-hydroxylation sites is 1. The zero-order chi connectivity index (χ0) is 16.7.